The third-order valence-corrected chi connectivity index (χ3v) is 5.62. The summed E-state index contributed by atoms with van der Waals surface area (Å²) in [6, 6.07) is 6.66. The van der Waals surface area contributed by atoms with E-state index in [1.165, 1.54) is 46.0 Å². The molecule has 39 heavy (non-hydrogen) atoms. The second-order valence-corrected chi connectivity index (χ2v) is 8.32. The van der Waals surface area contributed by atoms with E-state index in [0.29, 0.717) is 0 Å². The van der Waals surface area contributed by atoms with E-state index in [4.69, 9.17) is 9.90 Å². The van der Waals surface area contributed by atoms with Crippen LogP contribution in [-0.4, -0.2) is 59.3 Å². The lowest BCUT2D eigenvalue weighted by Crippen LogP contribution is -2.43. The fourth-order valence-corrected chi connectivity index (χ4v) is 3.74. The second kappa shape index (κ2) is 11.7. The minimum atomic E-state index is -5.19. The number of carboxylic acids is 1. The quantitative estimate of drug-likeness (QED) is 0.368. The van der Waals surface area contributed by atoms with Gasteiger partial charge in [-0.15, -0.1) is 0 Å². The number of amides is 2. The predicted molar refractivity (Wildman–Crippen MR) is 114 cm³/mol. The van der Waals surface area contributed by atoms with Crippen LogP contribution in [0.5, 0.6) is 0 Å². The van der Waals surface area contributed by atoms with E-state index in [-0.39, 0.29) is 48.7 Å². The van der Waals surface area contributed by atoms with Crippen molar-refractivity contribution in [3.8, 4) is 0 Å². The standard InChI is InChI=1S/C21H19F4N5O2.C2HF3O2/c22-13-7-11-29(12-8-13)20(32)18-27-16(15-6-2-4-10-30(15)18)19(31)28-17(21(23,24)25)14-5-1-3-9-26-14;3-2(4,5)1(6)7/h1-6,9-10,13,17H,7-8,11-12H2,(H,28,31);(H,6,7)/p+1. The van der Waals surface area contributed by atoms with Crippen LogP contribution in [0, 0.1) is 0 Å². The van der Waals surface area contributed by atoms with Gasteiger partial charge in [-0.1, -0.05) is 12.1 Å². The number of aromatic amines is 2. The zero-order valence-electron chi connectivity index (χ0n) is 19.8. The zero-order chi connectivity index (χ0) is 29.0. The van der Waals surface area contributed by atoms with Gasteiger partial charge in [-0.25, -0.2) is 14.4 Å². The summed E-state index contributed by atoms with van der Waals surface area (Å²) in [5.41, 5.74) is -0.173. The summed E-state index contributed by atoms with van der Waals surface area (Å²) in [6.07, 6.45) is -7.63. The largest absolute Gasteiger partial charge is 0.542 e. The molecule has 0 aliphatic carbocycles. The molecule has 210 valence electrons. The maximum absolute atomic E-state index is 13.7. The van der Waals surface area contributed by atoms with Gasteiger partial charge in [0.2, 0.25) is 17.4 Å². The normalized spacial score (nSPS) is 15.3. The number of alkyl halides is 7. The monoisotopic (exact) mass is 564 g/mol. The first kappa shape index (κ1) is 29.3. The lowest BCUT2D eigenvalue weighted by Gasteiger charge is -2.26. The van der Waals surface area contributed by atoms with Crippen LogP contribution in [0.1, 0.15) is 45.7 Å². The Morgan fingerprint density at radius 2 is 1.67 bits per heavy atom. The van der Waals surface area contributed by atoms with Gasteiger partial charge in [0.1, 0.15) is 12.1 Å². The van der Waals surface area contributed by atoms with Gasteiger partial charge in [-0.05, 0) is 25.0 Å². The van der Waals surface area contributed by atoms with Gasteiger partial charge < -0.3 is 20.1 Å². The van der Waals surface area contributed by atoms with Gasteiger partial charge in [0.05, 0.1) is 6.20 Å². The van der Waals surface area contributed by atoms with Gasteiger partial charge in [-0.2, -0.15) is 30.7 Å². The van der Waals surface area contributed by atoms with Crippen molar-refractivity contribution < 1.29 is 59.6 Å². The zero-order valence-corrected chi connectivity index (χ0v) is 19.8. The van der Waals surface area contributed by atoms with Crippen LogP contribution >= 0.6 is 0 Å². The molecule has 0 spiro atoms. The number of aliphatic carboxylic acids is 1. The molecule has 1 fully saturated rings. The van der Waals surface area contributed by atoms with Crippen molar-refractivity contribution in [1.82, 2.24) is 15.2 Å². The molecule has 0 radical (unpaired) electrons. The Morgan fingerprint density at radius 3 is 2.21 bits per heavy atom. The van der Waals surface area contributed by atoms with Gasteiger partial charge in [0.25, 0.3) is 5.91 Å². The maximum Gasteiger partial charge on any atom is 0.430 e. The van der Waals surface area contributed by atoms with E-state index in [1.54, 1.807) is 12.1 Å². The molecule has 9 nitrogen and oxygen atoms in total. The fraction of sp³-hybridized carbons (Fsp3) is 0.348. The molecule has 3 aromatic heterocycles. The minimum Gasteiger partial charge on any atom is -0.542 e. The summed E-state index contributed by atoms with van der Waals surface area (Å²) in [7, 11) is 0. The molecule has 1 aliphatic heterocycles. The smallest absolute Gasteiger partial charge is 0.430 e. The van der Waals surface area contributed by atoms with E-state index < -0.39 is 42.3 Å². The number of halogens is 7. The topological polar surface area (TPSA) is 124 Å². The summed E-state index contributed by atoms with van der Waals surface area (Å²) < 4.78 is 87.4. The van der Waals surface area contributed by atoms with Crippen LogP contribution in [0.4, 0.5) is 30.7 Å². The molecule has 1 unspecified atom stereocenters. The number of carbonyl (C=O) groups excluding carboxylic acids is 3. The molecule has 3 N–H and O–H groups in total. The van der Waals surface area contributed by atoms with Crippen molar-refractivity contribution >= 4 is 23.3 Å². The average molecular weight is 564 g/mol. The number of H-pyrrole nitrogens is 2. The molecule has 1 aliphatic rings. The number of carbonyl (C=O) groups is 3. The minimum absolute atomic E-state index is 0.0119. The number of hydrogen-bond donors (Lipinski definition) is 2. The first-order valence-corrected chi connectivity index (χ1v) is 11.3. The lowest BCUT2D eigenvalue weighted by molar-refractivity contribution is -0.514. The molecule has 0 bridgehead atoms. The first-order chi connectivity index (χ1) is 18.2. The van der Waals surface area contributed by atoms with Crippen LogP contribution in [0.2, 0.25) is 0 Å². The predicted octanol–water partition coefficient (Wildman–Crippen LogP) is 1.47. The molecule has 16 heteroatoms. The van der Waals surface area contributed by atoms with Crippen LogP contribution in [-0.2, 0) is 4.79 Å². The highest BCUT2D eigenvalue weighted by atomic mass is 19.4. The van der Waals surface area contributed by atoms with Crippen LogP contribution in [0.3, 0.4) is 0 Å². The lowest BCUT2D eigenvalue weighted by atomic mass is 10.1. The number of hydrogen-bond acceptors (Lipinski definition) is 4. The van der Waals surface area contributed by atoms with E-state index in [1.807, 2.05) is 5.32 Å². The second-order valence-electron chi connectivity index (χ2n) is 8.32. The van der Waals surface area contributed by atoms with Crippen LogP contribution in [0.25, 0.3) is 5.52 Å². The molecule has 1 atom stereocenters. The van der Waals surface area contributed by atoms with Crippen LogP contribution < -0.4 is 19.8 Å². The number of piperidine rings is 1. The third kappa shape index (κ3) is 7.20. The number of aromatic nitrogens is 3. The Labute approximate surface area is 215 Å². The SMILES string of the molecule is O=C(NC(c1cccc[nH+]1)C(F)(F)F)c1[nH]c(C(=O)N2CCC(F)CC2)[n+]2ccccc12.O=C([O-])C(F)(F)F. The number of carboxylic acid groups (broad SMARTS) is 1. The Balaban J connectivity index is 0.000000532. The van der Waals surface area contributed by atoms with Crippen LogP contribution in [0.15, 0.2) is 48.8 Å². The van der Waals surface area contributed by atoms with E-state index >= 15 is 0 Å². The summed E-state index contributed by atoms with van der Waals surface area (Å²) in [4.78, 5) is 41.3. The molecule has 0 aromatic carbocycles. The number of likely N-dealkylation sites (tertiary alicyclic amines) is 1. The molecule has 1 saturated heterocycles. The highest BCUT2D eigenvalue weighted by Crippen LogP contribution is 2.31. The van der Waals surface area contributed by atoms with Crippen molar-refractivity contribution in [2.75, 3.05) is 13.1 Å². The number of pyridine rings is 2. The van der Waals surface area contributed by atoms with Crippen molar-refractivity contribution in [3.63, 3.8) is 0 Å². The molecule has 0 saturated carbocycles. The summed E-state index contributed by atoms with van der Waals surface area (Å²) in [6.45, 7) is 0.435. The van der Waals surface area contributed by atoms with Gasteiger partial charge in [-0.3, -0.25) is 9.59 Å². The first-order valence-electron chi connectivity index (χ1n) is 11.3. The van der Waals surface area contributed by atoms with Gasteiger partial charge in [0, 0.05) is 25.2 Å². The Hall–Kier alpha value is -4.24. The maximum atomic E-state index is 13.7. The third-order valence-electron chi connectivity index (χ3n) is 5.62. The van der Waals surface area contributed by atoms with E-state index in [9.17, 15) is 40.3 Å². The summed E-state index contributed by atoms with van der Waals surface area (Å²) >= 11 is 0. The van der Waals surface area contributed by atoms with Crippen molar-refractivity contribution in [3.05, 3.63) is 66.0 Å². The summed E-state index contributed by atoms with van der Waals surface area (Å²) in [5.74, 6) is -4.47. The van der Waals surface area contributed by atoms with Gasteiger partial charge >= 0.3 is 24.1 Å². The average Bonchev–Trinajstić information content (AvgIpc) is 3.27. The molecular formula is C23H21F7N5O4+. The molecule has 4 rings (SSSR count). The van der Waals surface area contributed by atoms with Crippen molar-refractivity contribution in [1.29, 1.82) is 0 Å². The fourth-order valence-electron chi connectivity index (χ4n) is 3.74. The summed E-state index contributed by atoms with van der Waals surface area (Å²) in [5, 5.41) is 10.8. The van der Waals surface area contributed by atoms with Gasteiger partial charge in [0.15, 0.2) is 11.7 Å². The molecule has 3 aromatic rings. The Morgan fingerprint density at radius 1 is 1.05 bits per heavy atom. The Kier molecular flexibility index (Phi) is 8.76. The number of imidazole rings is 1. The molecular weight excluding hydrogens is 543 g/mol. The van der Waals surface area contributed by atoms with Crippen molar-refractivity contribution in [2.45, 2.75) is 37.4 Å². The number of fused-ring (bicyclic) bond motifs is 1. The highest BCUT2D eigenvalue weighted by molar-refractivity contribution is 6.00. The van der Waals surface area contributed by atoms with E-state index in [0.717, 1.165) is 0 Å². The number of rotatable bonds is 4. The highest BCUT2D eigenvalue weighted by Gasteiger charge is 2.46. The Bertz CT molecular complexity index is 1320. The van der Waals surface area contributed by atoms with E-state index in [2.05, 4.69) is 9.97 Å². The molecule has 2 amide bonds. The number of nitrogens with zero attached hydrogens (tertiary/aromatic N) is 2. The number of nitrogens with one attached hydrogen (secondary N) is 3. The van der Waals surface area contributed by atoms with Crippen molar-refractivity contribution in [2.24, 2.45) is 0 Å². The molecule has 4 heterocycles.